The van der Waals surface area contributed by atoms with Gasteiger partial charge < -0.3 is 28.7 Å². The standard InChI is InChI=1S/2C17H16N2O2.C17H14N2O2.C16H14N2O2.C15H12N2O2.C14H10N2O2/c1-12(2)21-14-8-9-19-16(10-14)18-15(11-17(19)20)13-6-4-3-5-7-13;2*1-2-10-21-14-8-9-19-16(11-14)18-15(12-17(19)20)13-6-4-3-5-7-13;1-2-20-13-8-9-18-15(10-13)17-14(11-16(18)19)12-6-4-3-5-7-12;1-19-12-7-8-17-14(9-12)16-13(10-15(17)18)11-5-3-2-4-6-11;17-11-6-7-16-13(8-11)15-12(9-14(16)18)10-4-2-1-3-5-10/h3-12H,1-2H3;3-9,11-12H,2,10H2,1H3;2-9,11-12H,1,10H2;3-11H,2H2,1H3;2-10H,1H3;1-9,15H. The van der Waals surface area contributed by atoms with Gasteiger partial charge in [-0.25, -0.2) is 24.9 Å². The molecule has 598 valence electrons. The van der Waals surface area contributed by atoms with Gasteiger partial charge in [0.15, 0.2) is 5.43 Å². The van der Waals surface area contributed by atoms with E-state index in [9.17, 15) is 33.6 Å². The molecule has 0 fully saturated rings. The Morgan fingerprint density at radius 2 is 0.642 bits per heavy atom. The van der Waals surface area contributed by atoms with Crippen LogP contribution in [0.2, 0.25) is 0 Å². The monoisotopic (exact) mass is 1590 g/mol. The van der Waals surface area contributed by atoms with Crippen LogP contribution in [0.5, 0.6) is 28.7 Å². The zero-order valence-electron chi connectivity index (χ0n) is 66.2. The highest BCUT2D eigenvalue weighted by Gasteiger charge is 2.13. The number of benzene rings is 6. The van der Waals surface area contributed by atoms with Gasteiger partial charge in [-0.3, -0.25) is 60.0 Å². The van der Waals surface area contributed by atoms with Gasteiger partial charge in [-0.2, -0.15) is 0 Å². The third-order valence-electron chi connectivity index (χ3n) is 18.1. The van der Waals surface area contributed by atoms with Crippen LogP contribution in [0.3, 0.4) is 0 Å². The second kappa shape index (κ2) is 39.4. The lowest BCUT2D eigenvalue weighted by atomic mass is 10.1. The first-order valence-corrected chi connectivity index (χ1v) is 38.4. The van der Waals surface area contributed by atoms with E-state index < -0.39 is 0 Å². The Hall–Kier alpha value is -16.0. The third kappa shape index (κ3) is 20.9. The van der Waals surface area contributed by atoms with E-state index in [1.807, 2.05) is 203 Å². The Bertz CT molecular complexity index is 7050. The Kier molecular flexibility index (Phi) is 26.9. The fourth-order valence-corrected chi connectivity index (χ4v) is 12.4. The molecule has 120 heavy (non-hydrogen) atoms. The van der Waals surface area contributed by atoms with E-state index in [4.69, 9.17) is 23.7 Å². The van der Waals surface area contributed by atoms with Gasteiger partial charge in [-0.15, -0.1) is 0 Å². The van der Waals surface area contributed by atoms with Crippen LogP contribution < -0.4 is 62.5 Å². The number of pyridine rings is 6. The molecule has 0 radical (unpaired) electrons. The first kappa shape index (κ1) is 82.0. The maximum Gasteiger partial charge on any atom is 0.258 e. The van der Waals surface area contributed by atoms with Gasteiger partial charge in [0.1, 0.15) is 69.2 Å². The number of hydrogen-bond donors (Lipinski definition) is 1. The first-order chi connectivity index (χ1) is 58.5. The van der Waals surface area contributed by atoms with E-state index in [1.54, 1.807) is 123 Å². The van der Waals surface area contributed by atoms with E-state index in [0.29, 0.717) is 111 Å². The Labute approximate surface area is 687 Å². The van der Waals surface area contributed by atoms with Crippen LogP contribution in [0.4, 0.5) is 0 Å². The fraction of sp³-hybridized carbons (Fsp3) is 0.104. The maximum atomic E-state index is 12.2. The number of hydrogen-bond acceptors (Lipinski definition) is 17. The summed E-state index contributed by atoms with van der Waals surface area (Å²) in [6.07, 6.45) is 12.6. The molecule has 0 bridgehead atoms. The Morgan fingerprint density at radius 1 is 0.342 bits per heavy atom. The number of methoxy groups -OCH3 is 1. The van der Waals surface area contributed by atoms with Crippen molar-refractivity contribution in [2.75, 3.05) is 26.9 Å². The molecule has 0 spiro atoms. The van der Waals surface area contributed by atoms with Crippen LogP contribution in [-0.4, -0.2) is 89.3 Å². The molecule has 0 atom stereocenters. The summed E-state index contributed by atoms with van der Waals surface area (Å²) in [4.78, 5) is 110. The summed E-state index contributed by atoms with van der Waals surface area (Å²) in [5.41, 5.74) is 12.1. The van der Waals surface area contributed by atoms with E-state index in [2.05, 4.69) is 43.4 Å². The van der Waals surface area contributed by atoms with E-state index in [1.165, 1.54) is 62.9 Å². The number of fused-ring (bicyclic) bond motifs is 6. The smallest absolute Gasteiger partial charge is 0.258 e. The molecule has 0 saturated carbocycles. The van der Waals surface area contributed by atoms with Crippen LogP contribution >= 0.6 is 0 Å². The summed E-state index contributed by atoms with van der Waals surface area (Å²) < 4.78 is 36.3. The molecule has 18 rings (SSSR count). The van der Waals surface area contributed by atoms with Gasteiger partial charge in [-0.1, -0.05) is 202 Å². The molecular formula is C96H82N12O12. The Morgan fingerprint density at radius 3 is 0.975 bits per heavy atom. The molecule has 6 aromatic carbocycles. The van der Waals surface area contributed by atoms with Crippen molar-refractivity contribution >= 4 is 33.9 Å². The van der Waals surface area contributed by atoms with E-state index in [-0.39, 0.29) is 44.9 Å². The predicted octanol–water partition coefficient (Wildman–Crippen LogP) is 16.0. The third-order valence-corrected chi connectivity index (χ3v) is 18.1. The molecule has 24 heteroatoms. The van der Waals surface area contributed by atoms with Crippen LogP contribution in [-0.2, 0) is 0 Å². The van der Waals surface area contributed by atoms with Gasteiger partial charge in [-0.05, 0) is 63.1 Å². The van der Waals surface area contributed by atoms with Crippen molar-refractivity contribution in [3.05, 3.63) is 413 Å². The van der Waals surface area contributed by atoms with Gasteiger partial charge in [0.2, 0.25) is 0 Å². The quantitative estimate of drug-likeness (QED) is 0.0830. The predicted molar refractivity (Wildman–Crippen MR) is 469 cm³/mol. The van der Waals surface area contributed by atoms with Gasteiger partial charge in [0.05, 0.1) is 60.6 Å². The van der Waals surface area contributed by atoms with E-state index >= 15 is 0 Å². The first-order valence-electron chi connectivity index (χ1n) is 38.4. The normalized spacial score (nSPS) is 10.7. The minimum Gasteiger partial charge on any atom is -0.497 e. The van der Waals surface area contributed by atoms with E-state index in [0.717, 1.165) is 45.6 Å². The molecule has 0 unspecified atom stereocenters. The molecule has 0 aliphatic heterocycles. The summed E-state index contributed by atoms with van der Waals surface area (Å²) in [7, 11) is 1.59. The highest BCUT2D eigenvalue weighted by atomic mass is 16.5. The largest absolute Gasteiger partial charge is 0.497 e. The Balaban J connectivity index is 0.000000125. The lowest BCUT2D eigenvalue weighted by molar-refractivity contribution is 0.242. The molecule has 0 aliphatic rings. The second-order valence-electron chi connectivity index (χ2n) is 26.9. The molecule has 18 aromatic rings. The summed E-state index contributed by atoms with van der Waals surface area (Å²) >= 11 is 0. The molecule has 0 saturated heterocycles. The van der Waals surface area contributed by atoms with Gasteiger partial charge in [0.25, 0.3) is 33.4 Å². The summed E-state index contributed by atoms with van der Waals surface area (Å²) in [5, 5.41) is 0. The van der Waals surface area contributed by atoms with Crippen molar-refractivity contribution in [1.29, 1.82) is 0 Å². The van der Waals surface area contributed by atoms with Crippen LogP contribution in [0.1, 0.15) is 34.1 Å². The molecule has 0 aliphatic carbocycles. The number of nitrogens with one attached hydrogen (secondary N) is 1. The molecule has 12 heterocycles. The molecule has 12 aromatic heterocycles. The van der Waals surface area contributed by atoms with Gasteiger partial charge in [0, 0.05) is 144 Å². The topological polar surface area (TPSA) is 272 Å². The summed E-state index contributed by atoms with van der Waals surface area (Å²) in [6.45, 7) is 13.2. The van der Waals surface area contributed by atoms with Crippen LogP contribution in [0, 0.1) is 0 Å². The highest BCUT2D eigenvalue weighted by molar-refractivity contribution is 5.67. The zero-order valence-corrected chi connectivity index (χ0v) is 66.2. The SMILES string of the molecule is C=CCOc1ccn2c(=O)cc(-c3ccccc3)nc2c1.CC(C)Oc1ccn2c(=O)cc(-c3ccccc3)nc2c1.CCCOc1ccn2c(=O)cc(-c3ccccc3)nc2c1.CCOc1ccn2c(=O)cc(-c3ccccc3)nc2c1.COc1ccn2c(=O)cc(-c3ccccc3)nc2c1.O=c1ccn2c(=O)cc(-c3ccccc3)[nH]c2c1. The number of ether oxygens (including phenoxy) is 5. The van der Waals surface area contributed by atoms with Crippen molar-refractivity contribution in [2.45, 2.75) is 40.2 Å². The number of aromatic amines is 1. The van der Waals surface area contributed by atoms with Crippen molar-refractivity contribution in [3.8, 4) is 96.3 Å². The molecule has 24 nitrogen and oxygen atoms in total. The van der Waals surface area contributed by atoms with Crippen LogP contribution in [0.15, 0.2) is 375 Å². The van der Waals surface area contributed by atoms with Crippen molar-refractivity contribution in [1.82, 2.24) is 56.3 Å². The lowest BCUT2D eigenvalue weighted by Gasteiger charge is -2.11. The van der Waals surface area contributed by atoms with Crippen LogP contribution in [0.25, 0.3) is 101 Å². The number of H-pyrrole nitrogens is 1. The summed E-state index contributed by atoms with van der Waals surface area (Å²) in [6, 6.07) is 87.4. The number of rotatable bonds is 17. The highest BCUT2D eigenvalue weighted by Crippen LogP contribution is 2.25. The number of aromatic nitrogens is 12. The second-order valence-corrected chi connectivity index (χ2v) is 26.9. The van der Waals surface area contributed by atoms with Crippen molar-refractivity contribution < 1.29 is 23.7 Å². The average molecular weight is 1600 g/mol. The minimum atomic E-state index is -0.164. The maximum absolute atomic E-state index is 12.2. The molecule has 1 N–H and O–H groups in total. The fourth-order valence-electron chi connectivity index (χ4n) is 12.4. The zero-order chi connectivity index (χ0) is 83.9. The average Bonchev–Trinajstić information content (AvgIpc) is 0.821. The number of nitrogens with zero attached hydrogens (tertiary/aromatic N) is 11. The van der Waals surface area contributed by atoms with Gasteiger partial charge >= 0.3 is 0 Å². The minimum absolute atomic E-state index is 0.0801. The van der Waals surface area contributed by atoms with Crippen molar-refractivity contribution in [2.24, 2.45) is 0 Å². The van der Waals surface area contributed by atoms with Crippen molar-refractivity contribution in [3.63, 3.8) is 0 Å². The molecule has 0 amide bonds. The lowest BCUT2D eigenvalue weighted by Crippen LogP contribution is -2.16. The summed E-state index contributed by atoms with van der Waals surface area (Å²) in [5.74, 6) is 3.49. The molecular weight excluding hydrogens is 1510 g/mol.